The Morgan fingerprint density at radius 3 is 2.68 bits per heavy atom. The van der Waals surface area contributed by atoms with Gasteiger partial charge in [-0.15, -0.1) is 11.3 Å². The second kappa shape index (κ2) is 9.55. The second-order valence-corrected chi connectivity index (χ2v) is 10.5. The van der Waals surface area contributed by atoms with E-state index < -0.39 is 0 Å². The summed E-state index contributed by atoms with van der Waals surface area (Å²) >= 11 is 1.55. The van der Waals surface area contributed by atoms with Crippen LogP contribution in [0.5, 0.6) is 11.5 Å². The molecule has 0 saturated carbocycles. The highest BCUT2D eigenvalue weighted by molar-refractivity contribution is 7.12. The summed E-state index contributed by atoms with van der Waals surface area (Å²) in [5.74, 6) is 2.13. The van der Waals surface area contributed by atoms with Crippen molar-refractivity contribution < 1.29 is 28.5 Å². The molecule has 0 fully saturated rings. The molecule has 0 unspecified atom stereocenters. The Morgan fingerprint density at radius 1 is 0.973 bits per heavy atom. The lowest BCUT2D eigenvalue weighted by molar-refractivity contribution is -0.120. The normalized spacial score (nSPS) is 15.9. The Bertz CT molecular complexity index is 1440. The van der Waals surface area contributed by atoms with E-state index in [4.69, 9.17) is 23.9 Å². The van der Waals surface area contributed by atoms with Gasteiger partial charge in [-0.3, -0.25) is 9.59 Å². The Balaban J connectivity index is 1.16. The van der Waals surface area contributed by atoms with Crippen LogP contribution < -0.4 is 14.4 Å². The van der Waals surface area contributed by atoms with E-state index in [1.165, 1.54) is 0 Å². The summed E-state index contributed by atoms with van der Waals surface area (Å²) in [7, 11) is 0. The maximum atomic E-state index is 13.1. The molecule has 37 heavy (non-hydrogen) atoms. The van der Waals surface area contributed by atoms with Gasteiger partial charge in [0.15, 0.2) is 11.5 Å². The van der Waals surface area contributed by atoms with E-state index in [1.807, 2.05) is 37.3 Å². The number of amides is 1. The molecule has 8 nitrogen and oxygen atoms in total. The lowest BCUT2D eigenvalue weighted by atomic mass is 10.1. The van der Waals surface area contributed by atoms with Crippen molar-refractivity contribution in [2.24, 2.45) is 0 Å². The molecule has 4 heterocycles. The predicted molar refractivity (Wildman–Crippen MR) is 138 cm³/mol. The molecule has 9 heteroatoms. The quantitative estimate of drug-likeness (QED) is 0.479. The number of nitrogens with zero attached hydrogens (tertiary/aromatic N) is 2. The van der Waals surface area contributed by atoms with Gasteiger partial charge >= 0.3 is 0 Å². The number of ether oxygens (including phenoxy) is 4. The molecule has 0 atom stereocenters. The van der Waals surface area contributed by atoms with Crippen LogP contribution in [-0.4, -0.2) is 43.2 Å². The van der Waals surface area contributed by atoms with Crippen LogP contribution in [0.25, 0.3) is 11.3 Å². The summed E-state index contributed by atoms with van der Waals surface area (Å²) in [6.45, 7) is 5.43. The SMILES string of the molecule is CC1=C(C(=O)N2CCc3cc(-c4nc(CC(=O)Cc5ccc6c(c5)OCO6)sc4C)ccc32)OCCO1. The fourth-order valence-corrected chi connectivity index (χ4v) is 5.89. The lowest BCUT2D eigenvalue weighted by Gasteiger charge is -2.24. The second-order valence-electron chi connectivity index (χ2n) is 9.22. The number of carbonyl (C=O) groups is 2. The summed E-state index contributed by atoms with van der Waals surface area (Å²) < 4.78 is 21.8. The summed E-state index contributed by atoms with van der Waals surface area (Å²) in [6.07, 6.45) is 1.35. The van der Waals surface area contributed by atoms with Crippen molar-refractivity contribution >= 4 is 28.7 Å². The first kappa shape index (κ1) is 23.5. The molecule has 2 aromatic carbocycles. The van der Waals surface area contributed by atoms with E-state index in [2.05, 4.69) is 6.07 Å². The molecule has 190 valence electrons. The molecule has 3 aromatic rings. The molecule has 3 aliphatic rings. The third-order valence-corrected chi connectivity index (χ3v) is 7.65. The highest BCUT2D eigenvalue weighted by Crippen LogP contribution is 2.36. The summed E-state index contributed by atoms with van der Waals surface area (Å²) in [4.78, 5) is 33.5. The largest absolute Gasteiger partial charge is 0.491 e. The molecule has 1 amide bonds. The standard InChI is InChI=1S/C28H26N2O6S/c1-16-27(34-10-9-33-16)28(32)30-8-7-19-13-20(4-5-22(19)30)26-17(2)37-25(29-26)14-21(31)11-18-3-6-23-24(12-18)36-15-35-23/h3-6,12-13H,7-11,14-15H2,1-2H3. The lowest BCUT2D eigenvalue weighted by Crippen LogP contribution is -2.33. The average Bonchev–Trinajstić information content (AvgIpc) is 3.61. The molecule has 3 aliphatic heterocycles. The molecular weight excluding hydrogens is 492 g/mol. The molecule has 0 radical (unpaired) electrons. The number of hydrogen-bond acceptors (Lipinski definition) is 8. The molecule has 0 aliphatic carbocycles. The first-order valence-electron chi connectivity index (χ1n) is 12.2. The highest BCUT2D eigenvalue weighted by Gasteiger charge is 2.31. The fraction of sp³-hybridized carbons (Fsp3) is 0.321. The highest BCUT2D eigenvalue weighted by atomic mass is 32.1. The van der Waals surface area contributed by atoms with Gasteiger partial charge in [0.25, 0.3) is 5.91 Å². The van der Waals surface area contributed by atoms with Crippen molar-refractivity contribution in [1.29, 1.82) is 0 Å². The molecular formula is C28H26N2O6S. The predicted octanol–water partition coefficient (Wildman–Crippen LogP) is 4.37. The topological polar surface area (TPSA) is 87.2 Å². The smallest absolute Gasteiger partial charge is 0.296 e. The minimum absolute atomic E-state index is 0.0979. The molecule has 6 rings (SSSR count). The average molecular weight is 519 g/mol. The van der Waals surface area contributed by atoms with Gasteiger partial charge in [0.05, 0.1) is 12.1 Å². The maximum absolute atomic E-state index is 13.1. The van der Waals surface area contributed by atoms with Gasteiger partial charge in [0.1, 0.15) is 29.8 Å². The third-order valence-electron chi connectivity index (χ3n) is 6.68. The van der Waals surface area contributed by atoms with Gasteiger partial charge in [0, 0.05) is 29.1 Å². The van der Waals surface area contributed by atoms with E-state index in [9.17, 15) is 9.59 Å². The number of carbonyl (C=O) groups excluding carboxylic acids is 2. The van der Waals surface area contributed by atoms with Gasteiger partial charge in [0.2, 0.25) is 12.6 Å². The number of anilines is 1. The first-order chi connectivity index (χ1) is 18.0. The summed E-state index contributed by atoms with van der Waals surface area (Å²) in [5, 5.41) is 0.799. The minimum atomic E-state index is -0.170. The van der Waals surface area contributed by atoms with Gasteiger partial charge in [-0.2, -0.15) is 0 Å². The van der Waals surface area contributed by atoms with Crippen LogP contribution in [0.2, 0.25) is 0 Å². The first-order valence-corrected chi connectivity index (χ1v) is 13.1. The molecule has 0 N–H and O–H groups in total. The van der Waals surface area contributed by atoms with E-state index in [1.54, 1.807) is 23.2 Å². The monoisotopic (exact) mass is 518 g/mol. The van der Waals surface area contributed by atoms with E-state index >= 15 is 0 Å². The number of fused-ring (bicyclic) bond motifs is 2. The van der Waals surface area contributed by atoms with Crippen molar-refractivity contribution in [2.45, 2.75) is 33.1 Å². The van der Waals surface area contributed by atoms with Gasteiger partial charge in [-0.25, -0.2) is 4.98 Å². The van der Waals surface area contributed by atoms with Crippen molar-refractivity contribution in [3.8, 4) is 22.8 Å². The number of aryl methyl sites for hydroxylation is 1. The summed E-state index contributed by atoms with van der Waals surface area (Å²) in [5.41, 5.74) is 4.75. The minimum Gasteiger partial charge on any atom is -0.491 e. The maximum Gasteiger partial charge on any atom is 0.296 e. The molecule has 0 spiro atoms. The zero-order valence-electron chi connectivity index (χ0n) is 20.7. The van der Waals surface area contributed by atoms with Crippen LogP contribution in [0.3, 0.4) is 0 Å². The Labute approximate surface area is 218 Å². The Kier molecular flexibility index (Phi) is 6.08. The zero-order valence-corrected chi connectivity index (χ0v) is 21.5. The third kappa shape index (κ3) is 4.55. The van der Waals surface area contributed by atoms with Gasteiger partial charge < -0.3 is 23.8 Å². The van der Waals surface area contributed by atoms with Crippen LogP contribution >= 0.6 is 11.3 Å². The van der Waals surface area contributed by atoms with Gasteiger partial charge in [-0.1, -0.05) is 12.1 Å². The summed E-state index contributed by atoms with van der Waals surface area (Å²) in [6, 6.07) is 11.7. The fourth-order valence-electron chi connectivity index (χ4n) is 4.91. The van der Waals surface area contributed by atoms with Crippen molar-refractivity contribution in [2.75, 3.05) is 31.5 Å². The number of ketones is 1. The number of benzene rings is 2. The van der Waals surface area contributed by atoms with Crippen LogP contribution in [0.15, 0.2) is 47.9 Å². The molecule has 1 aromatic heterocycles. The van der Waals surface area contributed by atoms with E-state index in [0.29, 0.717) is 43.4 Å². The van der Waals surface area contributed by atoms with Gasteiger partial charge in [-0.05, 0) is 55.7 Å². The van der Waals surface area contributed by atoms with Crippen LogP contribution in [-0.2, 0) is 38.3 Å². The Hall–Kier alpha value is -3.85. The number of Topliss-reactive ketones (excluding diaryl/α,β-unsaturated/α-hetero) is 1. The van der Waals surface area contributed by atoms with Crippen molar-refractivity contribution in [3.05, 3.63) is 68.9 Å². The number of rotatable bonds is 6. The van der Waals surface area contributed by atoms with Crippen molar-refractivity contribution in [1.82, 2.24) is 4.98 Å². The van der Waals surface area contributed by atoms with Crippen LogP contribution in [0, 0.1) is 6.92 Å². The number of aromatic nitrogens is 1. The van der Waals surface area contributed by atoms with E-state index in [-0.39, 0.29) is 30.7 Å². The molecule has 0 saturated heterocycles. The number of allylic oxidation sites excluding steroid dienone is 1. The number of hydrogen-bond donors (Lipinski definition) is 0. The number of thiazole rings is 1. The van der Waals surface area contributed by atoms with E-state index in [0.717, 1.165) is 44.4 Å². The molecule has 0 bridgehead atoms. The van der Waals surface area contributed by atoms with Crippen LogP contribution in [0.4, 0.5) is 5.69 Å². The zero-order chi connectivity index (χ0) is 25.5. The Morgan fingerprint density at radius 2 is 1.81 bits per heavy atom. The van der Waals surface area contributed by atoms with Crippen molar-refractivity contribution in [3.63, 3.8) is 0 Å². The van der Waals surface area contributed by atoms with Crippen LogP contribution in [0.1, 0.15) is 27.9 Å².